The summed E-state index contributed by atoms with van der Waals surface area (Å²) in [6, 6.07) is 15.5. The van der Waals surface area contributed by atoms with Crippen LogP contribution in [0.25, 0.3) is 16.6 Å². The van der Waals surface area contributed by atoms with E-state index in [4.69, 9.17) is 9.47 Å². The van der Waals surface area contributed by atoms with Gasteiger partial charge in [-0.15, -0.1) is 10.2 Å². The molecule has 29 heavy (non-hydrogen) atoms. The van der Waals surface area contributed by atoms with Crippen molar-refractivity contribution in [2.24, 2.45) is 0 Å². The van der Waals surface area contributed by atoms with Crippen LogP contribution in [0.4, 0.5) is 5.69 Å². The Kier molecular flexibility index (Phi) is 4.28. The highest BCUT2D eigenvalue weighted by Gasteiger charge is 2.21. The van der Waals surface area contributed by atoms with Gasteiger partial charge in [-0.3, -0.25) is 9.20 Å². The van der Waals surface area contributed by atoms with E-state index in [-0.39, 0.29) is 18.0 Å². The molecule has 146 valence electrons. The lowest BCUT2D eigenvalue weighted by molar-refractivity contribution is -0.115. The second-order valence-electron chi connectivity index (χ2n) is 6.84. The molecular weight excluding hydrogens is 388 g/mol. The number of carbonyl (C=O) groups is 1. The quantitative estimate of drug-likeness (QED) is 0.516. The number of nitrogens with one attached hydrogen (secondary N) is 1. The third kappa shape index (κ3) is 3.15. The number of amides is 1. The minimum Gasteiger partial charge on any atom is -0.454 e. The molecule has 0 fully saturated rings. The van der Waals surface area contributed by atoms with Crippen LogP contribution in [0.3, 0.4) is 0 Å². The number of para-hydroxylation sites is 1. The zero-order valence-corrected chi connectivity index (χ0v) is 16.7. The zero-order chi connectivity index (χ0) is 20.0. The summed E-state index contributed by atoms with van der Waals surface area (Å²) in [5, 5.41) is 13.0. The maximum absolute atomic E-state index is 12.7. The van der Waals surface area contributed by atoms with Gasteiger partial charge in [0.1, 0.15) is 0 Å². The second-order valence-corrected chi connectivity index (χ2v) is 8.15. The van der Waals surface area contributed by atoms with Gasteiger partial charge in [0, 0.05) is 17.1 Å². The van der Waals surface area contributed by atoms with Gasteiger partial charge in [0.25, 0.3) is 0 Å². The van der Waals surface area contributed by atoms with E-state index in [1.54, 1.807) is 18.2 Å². The average molecular weight is 406 g/mol. The molecule has 1 aliphatic rings. The van der Waals surface area contributed by atoms with Gasteiger partial charge in [0.15, 0.2) is 22.3 Å². The molecule has 7 nitrogen and oxygen atoms in total. The highest BCUT2D eigenvalue weighted by Crippen LogP contribution is 2.34. The molecule has 2 aromatic carbocycles. The summed E-state index contributed by atoms with van der Waals surface area (Å²) in [6.45, 7) is 4.11. The summed E-state index contributed by atoms with van der Waals surface area (Å²) < 4.78 is 12.7. The van der Waals surface area contributed by atoms with Crippen LogP contribution < -0.4 is 14.8 Å². The lowest BCUT2D eigenvalue weighted by Crippen LogP contribution is -2.22. The number of nitrogens with zero attached hydrogens (tertiary/aromatic N) is 3. The van der Waals surface area contributed by atoms with Gasteiger partial charge in [0.2, 0.25) is 12.7 Å². The average Bonchev–Trinajstić information content (AvgIpc) is 3.35. The largest absolute Gasteiger partial charge is 0.454 e. The van der Waals surface area contributed by atoms with Gasteiger partial charge in [-0.1, -0.05) is 30.0 Å². The fourth-order valence-corrected chi connectivity index (χ4v) is 4.25. The van der Waals surface area contributed by atoms with Crippen molar-refractivity contribution in [3.05, 3.63) is 54.1 Å². The van der Waals surface area contributed by atoms with Crippen molar-refractivity contribution in [1.29, 1.82) is 0 Å². The van der Waals surface area contributed by atoms with E-state index in [0.717, 1.165) is 22.1 Å². The number of pyridine rings is 1. The number of rotatable bonds is 4. The van der Waals surface area contributed by atoms with E-state index in [1.807, 2.05) is 35.6 Å². The van der Waals surface area contributed by atoms with Gasteiger partial charge < -0.3 is 14.8 Å². The third-order valence-electron chi connectivity index (χ3n) is 4.87. The molecule has 0 bridgehead atoms. The van der Waals surface area contributed by atoms with Crippen molar-refractivity contribution in [3.63, 3.8) is 0 Å². The summed E-state index contributed by atoms with van der Waals surface area (Å²) >= 11 is 1.37. The maximum atomic E-state index is 12.7. The first-order chi connectivity index (χ1) is 14.1. The maximum Gasteiger partial charge on any atom is 0.237 e. The van der Waals surface area contributed by atoms with Crippen molar-refractivity contribution in [1.82, 2.24) is 14.6 Å². The van der Waals surface area contributed by atoms with Crippen molar-refractivity contribution in [2.45, 2.75) is 24.3 Å². The van der Waals surface area contributed by atoms with Crippen LogP contribution in [0.15, 0.2) is 53.7 Å². The topological polar surface area (TPSA) is 77.8 Å². The SMILES string of the molecule is Cc1cc2nnc(S[C@H](C)C(=O)Nc3ccc4c(c3)OCO4)n2c2ccccc12. The van der Waals surface area contributed by atoms with Crippen LogP contribution in [-0.4, -0.2) is 32.5 Å². The summed E-state index contributed by atoms with van der Waals surface area (Å²) in [5.41, 5.74) is 3.61. The Morgan fingerprint density at radius 2 is 1.97 bits per heavy atom. The highest BCUT2D eigenvalue weighted by atomic mass is 32.2. The molecule has 2 aromatic heterocycles. The molecule has 3 heterocycles. The van der Waals surface area contributed by atoms with E-state index in [0.29, 0.717) is 22.3 Å². The predicted octanol–water partition coefficient (Wildman–Crippen LogP) is 4.04. The molecule has 0 spiro atoms. The minimum absolute atomic E-state index is 0.123. The van der Waals surface area contributed by atoms with E-state index in [9.17, 15) is 4.79 Å². The number of hydrogen-bond acceptors (Lipinski definition) is 6. The number of aryl methyl sites for hydroxylation is 1. The van der Waals surface area contributed by atoms with Crippen molar-refractivity contribution < 1.29 is 14.3 Å². The monoisotopic (exact) mass is 406 g/mol. The van der Waals surface area contributed by atoms with Gasteiger partial charge in [0.05, 0.1) is 10.8 Å². The summed E-state index contributed by atoms with van der Waals surface area (Å²) in [4.78, 5) is 12.7. The molecule has 0 saturated heterocycles. The van der Waals surface area contributed by atoms with E-state index in [1.165, 1.54) is 11.8 Å². The first kappa shape index (κ1) is 17.8. The smallest absolute Gasteiger partial charge is 0.237 e. The second kappa shape index (κ2) is 6.97. The normalized spacial score (nSPS) is 13.7. The first-order valence-corrected chi connectivity index (χ1v) is 10.1. The molecule has 0 unspecified atom stereocenters. The van der Waals surface area contributed by atoms with Crippen LogP contribution >= 0.6 is 11.8 Å². The Morgan fingerprint density at radius 3 is 2.86 bits per heavy atom. The first-order valence-electron chi connectivity index (χ1n) is 9.21. The van der Waals surface area contributed by atoms with Crippen LogP contribution in [0, 0.1) is 6.92 Å². The molecule has 1 amide bonds. The predicted molar refractivity (Wildman–Crippen MR) is 112 cm³/mol. The van der Waals surface area contributed by atoms with Crippen LogP contribution in [0.5, 0.6) is 11.5 Å². The van der Waals surface area contributed by atoms with Crippen LogP contribution in [0.1, 0.15) is 12.5 Å². The van der Waals surface area contributed by atoms with E-state index >= 15 is 0 Å². The van der Waals surface area contributed by atoms with Gasteiger partial charge in [-0.2, -0.15) is 0 Å². The third-order valence-corrected chi connectivity index (χ3v) is 5.91. The number of ether oxygens (including phenoxy) is 2. The van der Waals surface area contributed by atoms with Crippen molar-refractivity contribution in [2.75, 3.05) is 12.1 Å². The Hall–Kier alpha value is -3.26. The molecule has 4 aromatic rings. The molecule has 1 aliphatic heterocycles. The Bertz CT molecular complexity index is 1250. The molecule has 1 atom stereocenters. The van der Waals surface area contributed by atoms with Crippen molar-refractivity contribution in [3.8, 4) is 11.5 Å². The lowest BCUT2D eigenvalue weighted by atomic mass is 10.1. The summed E-state index contributed by atoms with van der Waals surface area (Å²) in [6.07, 6.45) is 0. The molecule has 0 radical (unpaired) electrons. The van der Waals surface area contributed by atoms with Gasteiger partial charge in [-0.25, -0.2) is 0 Å². The summed E-state index contributed by atoms with van der Waals surface area (Å²) in [5.74, 6) is 1.19. The zero-order valence-electron chi connectivity index (χ0n) is 15.9. The number of thioether (sulfide) groups is 1. The van der Waals surface area contributed by atoms with Crippen LogP contribution in [-0.2, 0) is 4.79 Å². The highest BCUT2D eigenvalue weighted by molar-refractivity contribution is 8.00. The molecule has 0 aliphatic carbocycles. The molecule has 5 rings (SSSR count). The Labute approximate surface area is 171 Å². The minimum atomic E-state index is -0.368. The molecule has 0 saturated carbocycles. The molecular formula is C21H18N4O3S. The standard InChI is InChI=1S/C21H18N4O3S/c1-12-9-19-23-24-21(25(19)16-6-4-3-5-15(12)16)29-13(2)20(26)22-14-7-8-17-18(10-14)28-11-27-17/h3-10,13H,11H2,1-2H3,(H,22,26)/t13-/m1/s1. The summed E-state index contributed by atoms with van der Waals surface area (Å²) in [7, 11) is 0. The number of aromatic nitrogens is 3. The van der Waals surface area contributed by atoms with E-state index < -0.39 is 0 Å². The van der Waals surface area contributed by atoms with E-state index in [2.05, 4.69) is 28.5 Å². The Balaban J connectivity index is 1.40. The number of carbonyl (C=O) groups excluding carboxylic acids is 1. The van der Waals surface area contributed by atoms with Gasteiger partial charge in [-0.05, 0) is 43.7 Å². The van der Waals surface area contributed by atoms with Gasteiger partial charge >= 0.3 is 0 Å². The van der Waals surface area contributed by atoms with Crippen molar-refractivity contribution >= 4 is 39.9 Å². The fraction of sp³-hybridized carbons (Fsp3) is 0.190. The number of anilines is 1. The Morgan fingerprint density at radius 1 is 1.14 bits per heavy atom. The number of benzene rings is 2. The molecule has 1 N–H and O–H groups in total. The van der Waals surface area contributed by atoms with Crippen LogP contribution in [0.2, 0.25) is 0 Å². The number of hydrogen-bond donors (Lipinski definition) is 1. The lowest BCUT2D eigenvalue weighted by Gasteiger charge is -2.12. The fourth-order valence-electron chi connectivity index (χ4n) is 3.38. The number of fused-ring (bicyclic) bond motifs is 4. The molecule has 8 heteroatoms.